The standard InChI is InChI=1S/C20H17F2N5O2/c1-26-14(9-13(25-26)19(21)22)20(28)27-7-6-12-17(24-10-23-12)18(27)16-8-11-4-2-3-5-15(11)29-16/h2-5,8-10,18-19H,6-7H2,1H3,(H,23,24)/t18-/m0/s1. The second kappa shape index (κ2) is 6.54. The molecule has 0 radical (unpaired) electrons. The van der Waals surface area contributed by atoms with Gasteiger partial charge in [-0.15, -0.1) is 0 Å². The zero-order valence-corrected chi connectivity index (χ0v) is 15.5. The summed E-state index contributed by atoms with van der Waals surface area (Å²) in [7, 11) is 1.49. The summed E-state index contributed by atoms with van der Waals surface area (Å²) in [5, 5.41) is 4.68. The van der Waals surface area contributed by atoms with E-state index in [1.165, 1.54) is 11.7 Å². The number of aryl methyl sites for hydroxylation is 1. The lowest BCUT2D eigenvalue weighted by Gasteiger charge is -2.33. The summed E-state index contributed by atoms with van der Waals surface area (Å²) < 4.78 is 33.3. The van der Waals surface area contributed by atoms with Crippen molar-refractivity contribution in [2.75, 3.05) is 6.54 Å². The first-order valence-electron chi connectivity index (χ1n) is 9.16. The number of imidazole rings is 1. The summed E-state index contributed by atoms with van der Waals surface area (Å²) in [6, 6.07) is 10.0. The number of furan rings is 1. The smallest absolute Gasteiger partial charge is 0.282 e. The van der Waals surface area contributed by atoms with Crippen molar-refractivity contribution in [3.05, 3.63) is 71.3 Å². The fraction of sp³-hybridized carbons (Fsp3) is 0.250. The van der Waals surface area contributed by atoms with Crippen molar-refractivity contribution < 1.29 is 18.0 Å². The number of hydrogen-bond donors (Lipinski definition) is 1. The van der Waals surface area contributed by atoms with Gasteiger partial charge in [0.15, 0.2) is 0 Å². The molecule has 0 spiro atoms. The van der Waals surface area contributed by atoms with Crippen molar-refractivity contribution in [3.8, 4) is 0 Å². The normalized spacial score (nSPS) is 16.6. The van der Waals surface area contributed by atoms with Gasteiger partial charge in [0, 0.05) is 31.1 Å². The fourth-order valence-corrected chi connectivity index (χ4v) is 3.86. The lowest BCUT2D eigenvalue weighted by atomic mass is 9.99. The van der Waals surface area contributed by atoms with E-state index in [2.05, 4.69) is 15.1 Å². The minimum atomic E-state index is -2.74. The van der Waals surface area contributed by atoms with Crippen LogP contribution in [0, 0.1) is 0 Å². The maximum Gasteiger partial charge on any atom is 0.282 e. The molecular weight excluding hydrogens is 380 g/mol. The Morgan fingerprint density at radius 2 is 2.14 bits per heavy atom. The van der Waals surface area contributed by atoms with Crippen molar-refractivity contribution in [2.45, 2.75) is 18.9 Å². The number of carbonyl (C=O) groups excluding carboxylic acids is 1. The first kappa shape index (κ1) is 17.6. The molecule has 1 aromatic carbocycles. The number of alkyl halides is 2. The molecule has 3 aromatic heterocycles. The van der Waals surface area contributed by atoms with E-state index in [1.807, 2.05) is 30.3 Å². The highest BCUT2D eigenvalue weighted by atomic mass is 19.3. The Labute approximate surface area is 163 Å². The molecule has 5 rings (SSSR count). The van der Waals surface area contributed by atoms with Crippen molar-refractivity contribution in [1.82, 2.24) is 24.6 Å². The number of halogens is 2. The van der Waals surface area contributed by atoms with E-state index in [0.29, 0.717) is 30.0 Å². The highest BCUT2D eigenvalue weighted by molar-refractivity contribution is 5.93. The van der Waals surface area contributed by atoms with Crippen LogP contribution in [-0.4, -0.2) is 37.1 Å². The number of hydrogen-bond acceptors (Lipinski definition) is 4. The number of nitrogens with zero attached hydrogens (tertiary/aromatic N) is 4. The predicted octanol–water partition coefficient (Wildman–Crippen LogP) is 3.61. The number of carbonyl (C=O) groups is 1. The Morgan fingerprint density at radius 3 is 2.90 bits per heavy atom. The number of fused-ring (bicyclic) bond motifs is 2. The van der Waals surface area contributed by atoms with Crippen molar-refractivity contribution in [2.24, 2.45) is 7.05 Å². The minimum absolute atomic E-state index is 0.0976. The summed E-state index contributed by atoms with van der Waals surface area (Å²) in [6.45, 7) is 0.394. The molecule has 4 aromatic rings. The molecule has 4 heterocycles. The van der Waals surface area contributed by atoms with Gasteiger partial charge in [-0.3, -0.25) is 9.48 Å². The Balaban J connectivity index is 1.60. The van der Waals surface area contributed by atoms with E-state index >= 15 is 0 Å². The summed E-state index contributed by atoms with van der Waals surface area (Å²) in [5.74, 6) is 0.176. The van der Waals surface area contributed by atoms with Gasteiger partial charge in [-0.1, -0.05) is 18.2 Å². The van der Waals surface area contributed by atoms with Crippen molar-refractivity contribution in [1.29, 1.82) is 0 Å². The first-order valence-corrected chi connectivity index (χ1v) is 9.16. The van der Waals surface area contributed by atoms with Crippen molar-refractivity contribution >= 4 is 16.9 Å². The molecule has 1 atom stereocenters. The van der Waals surface area contributed by atoms with Crippen LogP contribution in [0.1, 0.15) is 45.8 Å². The van der Waals surface area contributed by atoms with Crippen LogP contribution in [0.2, 0.25) is 0 Å². The molecule has 1 aliphatic rings. The van der Waals surface area contributed by atoms with Gasteiger partial charge in [-0.05, 0) is 18.2 Å². The van der Waals surface area contributed by atoms with Gasteiger partial charge < -0.3 is 14.3 Å². The highest BCUT2D eigenvalue weighted by Crippen LogP contribution is 2.37. The average Bonchev–Trinajstić information content (AvgIpc) is 3.43. The molecule has 148 valence electrons. The summed E-state index contributed by atoms with van der Waals surface area (Å²) in [4.78, 5) is 22.5. The van der Waals surface area contributed by atoms with Gasteiger partial charge in [0.25, 0.3) is 12.3 Å². The fourth-order valence-electron chi connectivity index (χ4n) is 3.86. The molecule has 0 saturated carbocycles. The van der Waals surface area contributed by atoms with Gasteiger partial charge in [0.1, 0.15) is 28.8 Å². The van der Waals surface area contributed by atoms with Gasteiger partial charge in [-0.2, -0.15) is 5.10 Å². The number of aromatic amines is 1. The molecule has 1 amide bonds. The van der Waals surface area contributed by atoms with Crippen LogP contribution in [-0.2, 0) is 13.5 Å². The van der Waals surface area contributed by atoms with Crippen LogP contribution in [0.5, 0.6) is 0 Å². The van der Waals surface area contributed by atoms with Crippen molar-refractivity contribution in [3.63, 3.8) is 0 Å². The molecular formula is C20H17F2N5O2. The highest BCUT2D eigenvalue weighted by Gasteiger charge is 2.38. The largest absolute Gasteiger partial charge is 0.458 e. The molecule has 1 aliphatic heterocycles. The second-order valence-corrected chi connectivity index (χ2v) is 6.98. The molecule has 0 bridgehead atoms. The third-order valence-corrected chi connectivity index (χ3v) is 5.24. The molecule has 0 fully saturated rings. The third-order valence-electron chi connectivity index (χ3n) is 5.24. The maximum absolute atomic E-state index is 13.3. The minimum Gasteiger partial charge on any atom is -0.458 e. The van der Waals surface area contributed by atoms with Crippen LogP contribution in [0.15, 0.2) is 47.1 Å². The summed E-state index contributed by atoms with van der Waals surface area (Å²) >= 11 is 0. The van der Waals surface area contributed by atoms with E-state index in [-0.39, 0.29) is 5.69 Å². The first-order chi connectivity index (χ1) is 14.0. The SMILES string of the molecule is Cn1nc(C(F)F)cc1C(=O)N1CCc2[nH]cnc2[C@@H]1c1cc2ccccc2o1. The summed E-state index contributed by atoms with van der Waals surface area (Å²) in [5.41, 5.74) is 2.00. The van der Waals surface area contributed by atoms with Gasteiger partial charge in [0.2, 0.25) is 0 Å². The lowest BCUT2D eigenvalue weighted by molar-refractivity contribution is 0.0661. The zero-order valence-electron chi connectivity index (χ0n) is 15.5. The van der Waals surface area contributed by atoms with Crippen LogP contribution >= 0.6 is 0 Å². The number of rotatable bonds is 3. The molecule has 0 saturated heterocycles. The zero-order chi connectivity index (χ0) is 20.1. The number of para-hydroxylation sites is 1. The number of aromatic nitrogens is 4. The monoisotopic (exact) mass is 397 g/mol. The third kappa shape index (κ3) is 2.81. The number of benzene rings is 1. The Morgan fingerprint density at radius 1 is 1.31 bits per heavy atom. The van der Waals surface area contributed by atoms with Crippen LogP contribution < -0.4 is 0 Å². The molecule has 0 unspecified atom stereocenters. The topological polar surface area (TPSA) is 80.0 Å². The van der Waals surface area contributed by atoms with Crippen LogP contribution in [0.4, 0.5) is 8.78 Å². The predicted molar refractivity (Wildman–Crippen MR) is 99.6 cm³/mol. The van der Waals surface area contributed by atoms with E-state index in [1.54, 1.807) is 11.2 Å². The van der Waals surface area contributed by atoms with Crippen LogP contribution in [0.3, 0.4) is 0 Å². The second-order valence-electron chi connectivity index (χ2n) is 6.98. The maximum atomic E-state index is 13.3. The average molecular weight is 397 g/mol. The quantitative estimate of drug-likeness (QED) is 0.573. The van der Waals surface area contributed by atoms with Gasteiger partial charge in [0.05, 0.1) is 12.0 Å². The summed E-state index contributed by atoms with van der Waals surface area (Å²) in [6.07, 6.45) is -0.571. The Kier molecular flexibility index (Phi) is 3.97. The van der Waals surface area contributed by atoms with E-state index in [9.17, 15) is 13.6 Å². The van der Waals surface area contributed by atoms with Gasteiger partial charge in [-0.25, -0.2) is 13.8 Å². The van der Waals surface area contributed by atoms with E-state index in [4.69, 9.17) is 4.42 Å². The Bertz CT molecular complexity index is 1180. The molecule has 7 nitrogen and oxygen atoms in total. The molecule has 0 aliphatic carbocycles. The van der Waals surface area contributed by atoms with Crippen LogP contribution in [0.25, 0.3) is 11.0 Å². The molecule has 1 N–H and O–H groups in total. The van der Waals surface area contributed by atoms with E-state index in [0.717, 1.165) is 17.1 Å². The van der Waals surface area contributed by atoms with E-state index < -0.39 is 24.1 Å². The number of amides is 1. The number of H-pyrrole nitrogens is 1. The Hall–Kier alpha value is -3.49. The molecule has 29 heavy (non-hydrogen) atoms. The molecule has 9 heteroatoms. The number of nitrogens with one attached hydrogen (secondary N) is 1. The van der Waals surface area contributed by atoms with Gasteiger partial charge >= 0.3 is 0 Å². The lowest BCUT2D eigenvalue weighted by Crippen LogP contribution is -2.41.